The summed E-state index contributed by atoms with van der Waals surface area (Å²) < 4.78 is 18.5. The van der Waals surface area contributed by atoms with E-state index in [1.807, 2.05) is 6.07 Å². The van der Waals surface area contributed by atoms with E-state index in [9.17, 15) is 4.39 Å². The quantitative estimate of drug-likeness (QED) is 0.856. The molecule has 0 aliphatic rings. The van der Waals surface area contributed by atoms with E-state index >= 15 is 0 Å². The molecule has 1 aromatic carbocycles. The van der Waals surface area contributed by atoms with Crippen molar-refractivity contribution >= 4 is 0 Å². The normalized spacial score (nSPS) is 14.8. The number of nitrogens with two attached hydrogens (primary N) is 1. The van der Waals surface area contributed by atoms with Crippen LogP contribution < -0.4 is 10.5 Å². The number of hydrogen-bond donors (Lipinski definition) is 1. The van der Waals surface area contributed by atoms with Gasteiger partial charge in [-0.25, -0.2) is 4.39 Å². The summed E-state index contributed by atoms with van der Waals surface area (Å²) in [5, 5.41) is 0. The number of methoxy groups -OCH3 is 1. The first-order valence-corrected chi connectivity index (χ1v) is 6.04. The molecule has 0 saturated heterocycles. The fourth-order valence-corrected chi connectivity index (χ4v) is 1.94. The fraction of sp³-hybridized carbons (Fsp3) is 0.571. The zero-order chi connectivity index (χ0) is 13.1. The summed E-state index contributed by atoms with van der Waals surface area (Å²) in [5.74, 6) is 0.308. The maximum atomic E-state index is 13.6. The van der Waals surface area contributed by atoms with Crippen molar-refractivity contribution in [2.24, 2.45) is 11.7 Å². The lowest BCUT2D eigenvalue weighted by atomic mass is 9.80. The summed E-state index contributed by atoms with van der Waals surface area (Å²) >= 11 is 0. The summed E-state index contributed by atoms with van der Waals surface area (Å²) in [7, 11) is 1.46. The molecule has 0 spiro atoms. The van der Waals surface area contributed by atoms with Crippen LogP contribution in [-0.2, 0) is 6.42 Å². The summed E-state index contributed by atoms with van der Waals surface area (Å²) in [6.45, 7) is 6.27. The molecule has 2 nitrogen and oxygen atoms in total. The van der Waals surface area contributed by atoms with Crippen molar-refractivity contribution in [2.75, 3.05) is 7.11 Å². The highest BCUT2D eigenvalue weighted by Gasteiger charge is 2.27. The molecule has 0 aromatic heterocycles. The zero-order valence-electron chi connectivity index (χ0n) is 11.1. The van der Waals surface area contributed by atoms with Gasteiger partial charge in [-0.15, -0.1) is 0 Å². The molecule has 0 heterocycles. The van der Waals surface area contributed by atoms with Crippen molar-refractivity contribution < 1.29 is 9.13 Å². The first-order valence-electron chi connectivity index (χ1n) is 6.04. The van der Waals surface area contributed by atoms with Crippen molar-refractivity contribution in [2.45, 2.75) is 39.2 Å². The molecule has 0 saturated carbocycles. The molecule has 0 radical (unpaired) electrons. The number of halogens is 1. The molecule has 2 N–H and O–H groups in total. The van der Waals surface area contributed by atoms with Crippen LogP contribution in [0.25, 0.3) is 0 Å². The molecular weight excluding hydrogens is 217 g/mol. The van der Waals surface area contributed by atoms with E-state index in [1.54, 1.807) is 6.07 Å². The Hall–Kier alpha value is -1.09. The van der Waals surface area contributed by atoms with E-state index in [2.05, 4.69) is 20.8 Å². The van der Waals surface area contributed by atoms with E-state index in [0.29, 0.717) is 12.3 Å². The maximum absolute atomic E-state index is 13.6. The second-order valence-corrected chi connectivity index (χ2v) is 4.89. The summed E-state index contributed by atoms with van der Waals surface area (Å²) in [6.07, 6.45) is 1.56. The molecule has 3 heteroatoms. The average molecular weight is 239 g/mol. The van der Waals surface area contributed by atoms with E-state index in [-0.39, 0.29) is 17.1 Å². The Morgan fingerprint density at radius 3 is 2.47 bits per heavy atom. The van der Waals surface area contributed by atoms with E-state index in [1.165, 1.54) is 13.2 Å². The molecule has 1 atom stereocenters. The van der Waals surface area contributed by atoms with E-state index in [4.69, 9.17) is 10.5 Å². The summed E-state index contributed by atoms with van der Waals surface area (Å²) in [6, 6.07) is 5.04. The minimum Gasteiger partial charge on any atom is -0.494 e. The zero-order valence-corrected chi connectivity index (χ0v) is 11.1. The first-order chi connectivity index (χ1) is 7.92. The Labute approximate surface area is 103 Å². The van der Waals surface area contributed by atoms with Crippen molar-refractivity contribution in [1.29, 1.82) is 0 Å². The second-order valence-electron chi connectivity index (χ2n) is 4.89. The minimum atomic E-state index is -0.327. The van der Waals surface area contributed by atoms with Gasteiger partial charge in [-0.1, -0.05) is 26.8 Å². The standard InChI is InChI=1S/C14H22FNO/c1-5-14(16,10(2)3)9-11-6-7-13(17-4)12(15)8-11/h6-8,10H,5,9,16H2,1-4H3. The van der Waals surface area contributed by atoms with E-state index in [0.717, 1.165) is 12.0 Å². The summed E-state index contributed by atoms with van der Waals surface area (Å²) in [4.78, 5) is 0. The maximum Gasteiger partial charge on any atom is 0.165 e. The van der Waals surface area contributed by atoms with Crippen molar-refractivity contribution in [3.8, 4) is 5.75 Å². The highest BCUT2D eigenvalue weighted by molar-refractivity contribution is 5.30. The molecule has 0 amide bonds. The fourth-order valence-electron chi connectivity index (χ4n) is 1.94. The van der Waals surface area contributed by atoms with Crippen LogP contribution in [0.5, 0.6) is 5.75 Å². The van der Waals surface area contributed by atoms with Gasteiger partial charge < -0.3 is 10.5 Å². The molecule has 0 aliphatic heterocycles. The number of benzene rings is 1. The van der Waals surface area contributed by atoms with Crippen LogP contribution >= 0.6 is 0 Å². The lowest BCUT2D eigenvalue weighted by Crippen LogP contribution is -2.46. The van der Waals surface area contributed by atoms with Gasteiger partial charge in [-0.3, -0.25) is 0 Å². The number of rotatable bonds is 5. The van der Waals surface area contributed by atoms with Gasteiger partial charge >= 0.3 is 0 Å². The topological polar surface area (TPSA) is 35.2 Å². The Kier molecular flexibility index (Phi) is 4.52. The van der Waals surface area contributed by atoms with Crippen LogP contribution in [0.3, 0.4) is 0 Å². The summed E-state index contributed by atoms with van der Waals surface area (Å²) in [5.41, 5.74) is 6.98. The predicted octanol–water partition coefficient (Wildman–Crippen LogP) is 3.14. The van der Waals surface area contributed by atoms with Gasteiger partial charge in [-0.2, -0.15) is 0 Å². The largest absolute Gasteiger partial charge is 0.494 e. The van der Waals surface area contributed by atoms with Gasteiger partial charge in [0, 0.05) is 5.54 Å². The SMILES string of the molecule is CCC(N)(Cc1ccc(OC)c(F)c1)C(C)C. The van der Waals surface area contributed by atoms with Gasteiger partial charge in [0.1, 0.15) is 0 Å². The molecule has 96 valence electrons. The monoisotopic (exact) mass is 239 g/mol. The van der Waals surface area contributed by atoms with Gasteiger partial charge in [0.05, 0.1) is 7.11 Å². The van der Waals surface area contributed by atoms with E-state index < -0.39 is 0 Å². The molecular formula is C14H22FNO. The van der Waals surface area contributed by atoms with Crippen LogP contribution in [-0.4, -0.2) is 12.6 Å². The second kappa shape index (κ2) is 5.50. The lowest BCUT2D eigenvalue weighted by Gasteiger charge is -2.32. The molecule has 0 bridgehead atoms. The molecule has 17 heavy (non-hydrogen) atoms. The Morgan fingerprint density at radius 1 is 1.41 bits per heavy atom. The van der Waals surface area contributed by atoms with Crippen LogP contribution in [0.15, 0.2) is 18.2 Å². The number of hydrogen-bond acceptors (Lipinski definition) is 2. The van der Waals surface area contributed by atoms with Crippen LogP contribution in [0.2, 0.25) is 0 Å². The van der Waals surface area contributed by atoms with Crippen LogP contribution in [0.1, 0.15) is 32.8 Å². The van der Waals surface area contributed by atoms with Gasteiger partial charge in [-0.05, 0) is 36.5 Å². The highest BCUT2D eigenvalue weighted by atomic mass is 19.1. The Morgan fingerprint density at radius 2 is 2.06 bits per heavy atom. The van der Waals surface area contributed by atoms with Gasteiger partial charge in [0.15, 0.2) is 11.6 Å². The first kappa shape index (κ1) is 14.0. The molecule has 1 unspecified atom stereocenters. The number of ether oxygens (including phenoxy) is 1. The molecule has 0 fully saturated rings. The molecule has 0 aliphatic carbocycles. The van der Waals surface area contributed by atoms with Gasteiger partial charge in [0.2, 0.25) is 0 Å². The third kappa shape index (κ3) is 3.19. The smallest absolute Gasteiger partial charge is 0.165 e. The van der Waals surface area contributed by atoms with Crippen molar-refractivity contribution in [3.63, 3.8) is 0 Å². The van der Waals surface area contributed by atoms with Crippen LogP contribution in [0, 0.1) is 11.7 Å². The Balaban J connectivity index is 2.91. The van der Waals surface area contributed by atoms with Crippen LogP contribution in [0.4, 0.5) is 4.39 Å². The highest BCUT2D eigenvalue weighted by Crippen LogP contribution is 2.25. The van der Waals surface area contributed by atoms with Crippen molar-refractivity contribution in [1.82, 2.24) is 0 Å². The molecule has 1 aromatic rings. The third-order valence-electron chi connectivity index (χ3n) is 3.56. The Bertz CT molecular complexity index is 378. The average Bonchev–Trinajstić information content (AvgIpc) is 2.29. The van der Waals surface area contributed by atoms with Gasteiger partial charge in [0.25, 0.3) is 0 Å². The minimum absolute atomic E-state index is 0.275. The third-order valence-corrected chi connectivity index (χ3v) is 3.56. The lowest BCUT2D eigenvalue weighted by molar-refractivity contribution is 0.295. The van der Waals surface area contributed by atoms with Crippen molar-refractivity contribution in [3.05, 3.63) is 29.6 Å². The predicted molar refractivity (Wildman–Crippen MR) is 68.7 cm³/mol. The molecule has 1 rings (SSSR count).